The molecule has 2 saturated heterocycles. The van der Waals surface area contributed by atoms with E-state index in [0.717, 1.165) is 21.2 Å². The van der Waals surface area contributed by atoms with Gasteiger partial charge in [0.15, 0.2) is 5.43 Å². The second-order valence-corrected chi connectivity index (χ2v) is 17.9. The van der Waals surface area contributed by atoms with E-state index in [1.165, 1.54) is 49.5 Å². The minimum Gasteiger partial charge on any atom is -0.756 e. The Morgan fingerprint density at radius 2 is 1.78 bits per heavy atom. The lowest BCUT2D eigenvalue weighted by Gasteiger charge is -2.25. The fourth-order valence-electron chi connectivity index (χ4n) is 7.52. The van der Waals surface area contributed by atoms with Gasteiger partial charge in [0.25, 0.3) is 13.4 Å². The summed E-state index contributed by atoms with van der Waals surface area (Å²) in [7, 11) is -4.88. The normalized spacial score (nSPS) is 19.4. The van der Waals surface area contributed by atoms with Gasteiger partial charge in [-0.25, -0.2) is 9.59 Å². The average Bonchev–Trinajstić information content (AvgIpc) is 3.74. The predicted molar refractivity (Wildman–Crippen MR) is 235 cm³/mol. The van der Waals surface area contributed by atoms with Crippen molar-refractivity contribution >= 4 is 59.9 Å². The summed E-state index contributed by atoms with van der Waals surface area (Å²) in [6.07, 6.45) is -0.772. The highest BCUT2D eigenvalue weighted by Crippen LogP contribution is 2.43. The number of carbonyl (C=O) groups is 4. The number of aryl methyl sites for hydroxylation is 1. The third kappa shape index (κ3) is 11.3. The second kappa shape index (κ2) is 20.5. The molecule has 346 valence electrons. The Morgan fingerprint density at radius 1 is 1.02 bits per heavy atom. The number of aromatic nitrogens is 2. The largest absolute Gasteiger partial charge is 0.756 e. The average molecular weight is 938 g/mol. The van der Waals surface area contributed by atoms with Gasteiger partial charge in [0, 0.05) is 77.7 Å². The number of phosphoric ester groups is 1. The standard InChI is InChI=1S/C42H43N4O16PS.CH4/c1-22-20-46(42(56)44-39(22)52)37-18-30(49)33(62-37)21-60-63(57,58)59-13-14-64-34-19-36(51)45(40(34)53)12-4-2-3-5-35(50)43-23-6-9-26(29(15-23)41(54)55)38-27-10-7-24(47)16-31(27)61-32-17-25(48)8-11-28(32)38;/h6-11,15-17,20,30,33-34,37,47,49H,2-5,12-14,18-19,21H2,1H3,(H,43,50)(H,54,55)(H,57,58)(H,44,52,56);1H4/p-1/t30-,33-,34?,37-;/m1./s1. The summed E-state index contributed by atoms with van der Waals surface area (Å²) in [4.78, 5) is 103. The number of imide groups is 1. The van der Waals surface area contributed by atoms with Crippen LogP contribution in [0.15, 0.2) is 79.6 Å². The van der Waals surface area contributed by atoms with Crippen LogP contribution in [0.1, 0.15) is 68.1 Å². The number of carbonyl (C=O) groups excluding carboxylic acids is 3. The molecule has 0 radical (unpaired) electrons. The molecule has 0 bridgehead atoms. The Labute approximate surface area is 374 Å². The number of likely N-dealkylation sites (tertiary alicyclic amines) is 1. The van der Waals surface area contributed by atoms with Crippen molar-refractivity contribution in [1.82, 2.24) is 14.5 Å². The van der Waals surface area contributed by atoms with Gasteiger partial charge in [0.05, 0.1) is 30.1 Å². The number of aromatic carboxylic acids is 1. The van der Waals surface area contributed by atoms with E-state index in [2.05, 4.69) is 10.3 Å². The SMILES string of the molecule is C.Cc1cn([C@H]2C[C@@H](O)[C@@H](COP(=O)([O-])OCCSC3CC(=O)N(CCCCCC(=O)Nc4ccc(-c5c6ccc(=O)cc-6oc6cc(O)ccc56)c(C(=O)O)c4)C3=O)O2)c(=O)[nH]c1=O. The minimum absolute atomic E-state index is 0. The maximum atomic E-state index is 13.0. The third-order valence-corrected chi connectivity index (χ3v) is 12.8. The number of unbranched alkanes of at least 4 members (excludes halogenated alkanes) is 2. The number of phosphoric acid groups is 1. The molecule has 65 heavy (non-hydrogen) atoms. The Morgan fingerprint density at radius 3 is 2.55 bits per heavy atom. The number of phenolic OH excluding ortho intramolecular Hbond substituents is 1. The highest BCUT2D eigenvalue weighted by Gasteiger charge is 2.39. The maximum Gasteiger partial charge on any atom is 0.336 e. The first-order valence-corrected chi connectivity index (χ1v) is 22.6. The first-order valence-electron chi connectivity index (χ1n) is 20.1. The molecule has 7 rings (SSSR count). The molecule has 22 heteroatoms. The van der Waals surface area contributed by atoms with Gasteiger partial charge in [-0.05, 0) is 61.7 Å². The molecule has 20 nitrogen and oxygen atoms in total. The summed E-state index contributed by atoms with van der Waals surface area (Å²) in [5, 5.41) is 33.1. The first-order chi connectivity index (χ1) is 30.5. The van der Waals surface area contributed by atoms with Crippen LogP contribution in [0.5, 0.6) is 5.75 Å². The van der Waals surface area contributed by atoms with Gasteiger partial charge in [-0.1, -0.05) is 19.9 Å². The van der Waals surface area contributed by atoms with Crippen LogP contribution in [-0.4, -0.2) is 96.4 Å². The predicted octanol–water partition coefficient (Wildman–Crippen LogP) is 3.97. The number of benzene rings is 3. The van der Waals surface area contributed by atoms with Crippen molar-refractivity contribution in [2.75, 3.05) is 30.8 Å². The molecule has 2 fully saturated rings. The summed E-state index contributed by atoms with van der Waals surface area (Å²) in [6.45, 7) is 0.629. The number of H-pyrrole nitrogens is 1. The third-order valence-electron chi connectivity index (χ3n) is 10.7. The number of ether oxygens (including phenoxy) is 1. The molecule has 4 heterocycles. The summed E-state index contributed by atoms with van der Waals surface area (Å²) in [5.74, 6) is -2.32. The molecule has 4 aliphatic rings. The lowest BCUT2D eigenvalue weighted by Crippen LogP contribution is -2.33. The van der Waals surface area contributed by atoms with Crippen molar-refractivity contribution in [1.29, 1.82) is 0 Å². The van der Waals surface area contributed by atoms with Gasteiger partial charge in [-0.2, -0.15) is 0 Å². The molecule has 3 aliphatic heterocycles. The first kappa shape index (κ1) is 48.5. The maximum absolute atomic E-state index is 13.0. The molecule has 1 aliphatic carbocycles. The number of hydrogen-bond acceptors (Lipinski definition) is 16. The summed E-state index contributed by atoms with van der Waals surface area (Å²) < 4.78 is 34.7. The summed E-state index contributed by atoms with van der Waals surface area (Å²) in [5.41, 5.74) is 0.161. The molecule has 1 aromatic heterocycles. The topological polar surface area (TPSA) is 297 Å². The number of nitrogens with zero attached hydrogens (tertiary/aromatic N) is 2. The smallest absolute Gasteiger partial charge is 0.336 e. The quantitative estimate of drug-likeness (QED) is 0.0359. The minimum atomic E-state index is -4.88. The van der Waals surface area contributed by atoms with Crippen LogP contribution in [0, 0.1) is 6.92 Å². The number of anilines is 1. The monoisotopic (exact) mass is 937 g/mol. The van der Waals surface area contributed by atoms with E-state index in [9.17, 15) is 58.3 Å². The number of aliphatic hydroxyl groups is 1. The lowest BCUT2D eigenvalue weighted by molar-refractivity contribution is -0.228. The van der Waals surface area contributed by atoms with Crippen molar-refractivity contribution < 1.29 is 62.2 Å². The van der Waals surface area contributed by atoms with Gasteiger partial charge in [-0.15, -0.1) is 11.8 Å². The lowest BCUT2D eigenvalue weighted by atomic mass is 9.90. The summed E-state index contributed by atoms with van der Waals surface area (Å²) >= 11 is 1.05. The number of thioether (sulfide) groups is 1. The van der Waals surface area contributed by atoms with E-state index < -0.39 is 61.2 Å². The Bertz CT molecular complexity index is 2820. The Balaban J connectivity index is 0.00000700. The molecular weight excluding hydrogens is 892 g/mol. The number of nitrogens with one attached hydrogen (secondary N) is 2. The highest BCUT2D eigenvalue weighted by atomic mass is 32.2. The Hall–Kier alpha value is -5.93. The number of rotatable bonds is 18. The van der Waals surface area contributed by atoms with Gasteiger partial charge >= 0.3 is 11.7 Å². The van der Waals surface area contributed by atoms with Crippen molar-refractivity contribution in [3.63, 3.8) is 0 Å². The zero-order chi connectivity index (χ0) is 45.9. The van der Waals surface area contributed by atoms with Crippen LogP contribution in [0.2, 0.25) is 0 Å². The molecule has 3 aromatic rings. The van der Waals surface area contributed by atoms with Gasteiger partial charge in [0.2, 0.25) is 17.7 Å². The fourth-order valence-corrected chi connectivity index (χ4v) is 9.35. The summed E-state index contributed by atoms with van der Waals surface area (Å²) in [6, 6.07) is 13.0. The molecule has 0 spiro atoms. The number of aromatic amines is 1. The van der Waals surface area contributed by atoms with Gasteiger partial charge < -0.3 is 43.7 Å². The molecular formula is C43H46N4O16PS-. The molecule has 0 saturated carbocycles. The van der Waals surface area contributed by atoms with E-state index in [-0.39, 0.29) is 96.7 Å². The molecule has 2 aromatic carbocycles. The van der Waals surface area contributed by atoms with E-state index >= 15 is 0 Å². The second-order valence-electron chi connectivity index (χ2n) is 15.2. The number of aromatic hydroxyl groups is 1. The van der Waals surface area contributed by atoms with E-state index in [1.807, 2.05) is 0 Å². The number of phenols is 1. The van der Waals surface area contributed by atoms with Crippen LogP contribution in [-0.2, 0) is 32.7 Å². The Kier molecular flexibility index (Phi) is 15.3. The molecule has 5 atom stereocenters. The molecule has 2 unspecified atom stereocenters. The van der Waals surface area contributed by atoms with Gasteiger partial charge in [0.1, 0.15) is 29.4 Å². The number of hydrogen-bond donors (Lipinski definition) is 5. The van der Waals surface area contributed by atoms with Crippen molar-refractivity contribution in [2.24, 2.45) is 0 Å². The van der Waals surface area contributed by atoms with Crippen molar-refractivity contribution in [3.8, 4) is 28.2 Å². The zero-order valence-electron chi connectivity index (χ0n) is 34.1. The van der Waals surface area contributed by atoms with Crippen molar-refractivity contribution in [3.05, 3.63) is 103 Å². The van der Waals surface area contributed by atoms with Crippen LogP contribution in [0.4, 0.5) is 5.69 Å². The molecule has 5 N–H and O–H groups in total. The van der Waals surface area contributed by atoms with Crippen LogP contribution >= 0.6 is 19.6 Å². The van der Waals surface area contributed by atoms with E-state index in [4.69, 9.17) is 18.2 Å². The van der Waals surface area contributed by atoms with E-state index in [0.29, 0.717) is 41.3 Å². The fraction of sp³-hybridized carbons (Fsp3) is 0.372. The van der Waals surface area contributed by atoms with Crippen LogP contribution in [0.3, 0.4) is 0 Å². The zero-order valence-corrected chi connectivity index (χ0v) is 35.8. The van der Waals surface area contributed by atoms with E-state index in [1.54, 1.807) is 18.2 Å². The van der Waals surface area contributed by atoms with Gasteiger partial charge in [-0.3, -0.25) is 43.0 Å². The number of aliphatic hydroxyl groups excluding tert-OH is 1. The number of carboxylic acid groups (broad SMARTS) is 1. The highest BCUT2D eigenvalue weighted by molar-refractivity contribution is 8.00. The van der Waals surface area contributed by atoms with Crippen molar-refractivity contribution in [2.45, 2.75) is 76.6 Å². The van der Waals surface area contributed by atoms with Crippen LogP contribution in [0.25, 0.3) is 33.4 Å². The van der Waals surface area contributed by atoms with Crippen LogP contribution < -0.4 is 26.9 Å². The number of carboxylic acids is 1. The number of amides is 3. The number of fused-ring (bicyclic) bond motifs is 2. The molecule has 3 amide bonds.